The van der Waals surface area contributed by atoms with Crippen molar-refractivity contribution in [1.82, 2.24) is 15.2 Å². The third kappa shape index (κ3) is 4.13. The van der Waals surface area contributed by atoms with Gasteiger partial charge < -0.3 is 5.32 Å². The average molecular weight is 281 g/mol. The van der Waals surface area contributed by atoms with Gasteiger partial charge in [0, 0.05) is 44.1 Å². The van der Waals surface area contributed by atoms with Gasteiger partial charge in [0.15, 0.2) is 0 Å². The number of aromatic nitrogens is 1. The maximum Gasteiger partial charge on any atom is 0.0372 e. The summed E-state index contributed by atoms with van der Waals surface area (Å²) in [5.74, 6) is 0. The van der Waals surface area contributed by atoms with Gasteiger partial charge in [-0.2, -0.15) is 0 Å². The first-order valence-corrected chi connectivity index (χ1v) is 7.71. The fourth-order valence-electron chi connectivity index (χ4n) is 2.92. The maximum atomic E-state index is 4.39. The molecule has 0 aliphatic carbocycles. The molecule has 3 nitrogen and oxygen atoms in total. The Kier molecular flexibility index (Phi) is 4.63. The second-order valence-electron chi connectivity index (χ2n) is 5.88. The number of piperazine rings is 1. The highest BCUT2D eigenvalue weighted by molar-refractivity contribution is 5.17. The van der Waals surface area contributed by atoms with E-state index in [9.17, 15) is 0 Å². The molecule has 0 radical (unpaired) electrons. The first kappa shape index (κ1) is 14.2. The molecular weight excluding hydrogens is 258 g/mol. The minimum atomic E-state index is 0.541. The number of pyridine rings is 1. The number of hydrogen-bond acceptors (Lipinski definition) is 3. The molecule has 1 aliphatic rings. The SMILES string of the molecule is Cc1ccc(CN2CCNC(Cc3ccccc3)C2)cn1. The second-order valence-corrected chi connectivity index (χ2v) is 5.88. The molecule has 21 heavy (non-hydrogen) atoms. The highest BCUT2D eigenvalue weighted by Gasteiger charge is 2.19. The fourth-order valence-corrected chi connectivity index (χ4v) is 2.92. The van der Waals surface area contributed by atoms with Crippen molar-refractivity contribution >= 4 is 0 Å². The normalized spacial score (nSPS) is 19.6. The number of nitrogens with one attached hydrogen (secondary N) is 1. The van der Waals surface area contributed by atoms with Crippen molar-refractivity contribution in [3.05, 3.63) is 65.5 Å². The van der Waals surface area contributed by atoms with Gasteiger partial charge in [0.2, 0.25) is 0 Å². The second kappa shape index (κ2) is 6.83. The Morgan fingerprint density at radius 2 is 2.00 bits per heavy atom. The van der Waals surface area contributed by atoms with Gasteiger partial charge in [0.1, 0.15) is 0 Å². The van der Waals surface area contributed by atoms with Crippen LogP contribution in [0.1, 0.15) is 16.8 Å². The number of benzene rings is 1. The van der Waals surface area contributed by atoms with E-state index >= 15 is 0 Å². The Morgan fingerprint density at radius 3 is 2.76 bits per heavy atom. The topological polar surface area (TPSA) is 28.2 Å². The first-order chi connectivity index (χ1) is 10.3. The molecule has 2 heterocycles. The van der Waals surface area contributed by atoms with Gasteiger partial charge in [-0.05, 0) is 30.5 Å². The van der Waals surface area contributed by atoms with Gasteiger partial charge >= 0.3 is 0 Å². The van der Waals surface area contributed by atoms with Crippen LogP contribution in [-0.2, 0) is 13.0 Å². The van der Waals surface area contributed by atoms with E-state index in [1.807, 2.05) is 13.1 Å². The van der Waals surface area contributed by atoms with Crippen molar-refractivity contribution in [3.63, 3.8) is 0 Å². The Morgan fingerprint density at radius 1 is 1.14 bits per heavy atom. The maximum absolute atomic E-state index is 4.39. The van der Waals surface area contributed by atoms with Gasteiger partial charge in [0.25, 0.3) is 0 Å². The Balaban J connectivity index is 1.57. The summed E-state index contributed by atoms with van der Waals surface area (Å²) in [6.07, 6.45) is 3.10. The molecule has 0 amide bonds. The van der Waals surface area contributed by atoms with E-state index in [1.165, 1.54) is 11.1 Å². The zero-order chi connectivity index (χ0) is 14.5. The standard InChI is InChI=1S/C18H23N3/c1-15-7-8-17(12-20-15)13-21-10-9-19-18(14-21)11-16-5-3-2-4-6-16/h2-8,12,18-19H,9-11,13-14H2,1H3. The highest BCUT2D eigenvalue weighted by Crippen LogP contribution is 2.11. The predicted octanol–water partition coefficient (Wildman–Crippen LogP) is 2.41. The summed E-state index contributed by atoms with van der Waals surface area (Å²) in [7, 11) is 0. The van der Waals surface area contributed by atoms with E-state index in [0.717, 1.165) is 38.3 Å². The van der Waals surface area contributed by atoms with E-state index in [4.69, 9.17) is 0 Å². The van der Waals surface area contributed by atoms with Crippen LogP contribution in [0.25, 0.3) is 0 Å². The van der Waals surface area contributed by atoms with E-state index in [1.54, 1.807) is 0 Å². The predicted molar refractivity (Wildman–Crippen MR) is 86.2 cm³/mol. The Labute approximate surface area is 127 Å². The van der Waals surface area contributed by atoms with Crippen molar-refractivity contribution in [2.24, 2.45) is 0 Å². The lowest BCUT2D eigenvalue weighted by Gasteiger charge is -2.33. The molecule has 0 spiro atoms. The molecule has 1 unspecified atom stereocenters. The minimum Gasteiger partial charge on any atom is -0.311 e. The van der Waals surface area contributed by atoms with Crippen molar-refractivity contribution in [2.75, 3.05) is 19.6 Å². The van der Waals surface area contributed by atoms with Gasteiger partial charge in [-0.3, -0.25) is 9.88 Å². The lowest BCUT2D eigenvalue weighted by atomic mass is 10.0. The number of hydrogen-bond donors (Lipinski definition) is 1. The van der Waals surface area contributed by atoms with Crippen LogP contribution in [0.3, 0.4) is 0 Å². The minimum absolute atomic E-state index is 0.541. The largest absolute Gasteiger partial charge is 0.311 e. The molecule has 1 aliphatic heterocycles. The summed E-state index contributed by atoms with van der Waals surface area (Å²) in [5.41, 5.74) is 3.80. The van der Waals surface area contributed by atoms with Gasteiger partial charge in [-0.1, -0.05) is 36.4 Å². The van der Waals surface area contributed by atoms with Crippen LogP contribution in [0.4, 0.5) is 0 Å². The molecule has 110 valence electrons. The van der Waals surface area contributed by atoms with Crippen LogP contribution in [0.5, 0.6) is 0 Å². The molecule has 1 fully saturated rings. The molecule has 0 saturated carbocycles. The van der Waals surface area contributed by atoms with Gasteiger partial charge in [-0.15, -0.1) is 0 Å². The third-order valence-electron chi connectivity index (χ3n) is 4.04. The van der Waals surface area contributed by atoms with E-state index in [-0.39, 0.29) is 0 Å². The summed E-state index contributed by atoms with van der Waals surface area (Å²) in [6.45, 7) is 6.31. The zero-order valence-electron chi connectivity index (χ0n) is 12.6. The van der Waals surface area contributed by atoms with Crippen molar-refractivity contribution in [1.29, 1.82) is 0 Å². The fraction of sp³-hybridized carbons (Fsp3) is 0.389. The first-order valence-electron chi connectivity index (χ1n) is 7.71. The number of aryl methyl sites for hydroxylation is 1. The van der Waals surface area contributed by atoms with Crippen molar-refractivity contribution in [2.45, 2.75) is 25.9 Å². The summed E-state index contributed by atoms with van der Waals surface area (Å²) in [5, 5.41) is 3.64. The Bertz CT molecular complexity index is 550. The molecule has 1 saturated heterocycles. The van der Waals surface area contributed by atoms with Gasteiger partial charge in [0.05, 0.1) is 0 Å². The van der Waals surface area contributed by atoms with Gasteiger partial charge in [-0.25, -0.2) is 0 Å². The lowest BCUT2D eigenvalue weighted by Crippen LogP contribution is -2.51. The summed E-state index contributed by atoms with van der Waals surface area (Å²) in [4.78, 5) is 6.91. The van der Waals surface area contributed by atoms with Crippen LogP contribution < -0.4 is 5.32 Å². The van der Waals surface area contributed by atoms with Crippen LogP contribution in [0.2, 0.25) is 0 Å². The Hall–Kier alpha value is -1.71. The lowest BCUT2D eigenvalue weighted by molar-refractivity contribution is 0.191. The molecule has 3 rings (SSSR count). The summed E-state index contributed by atoms with van der Waals surface area (Å²) in [6, 6.07) is 15.6. The average Bonchev–Trinajstić information content (AvgIpc) is 2.51. The van der Waals surface area contributed by atoms with E-state index in [2.05, 4.69) is 57.7 Å². The molecule has 0 bridgehead atoms. The van der Waals surface area contributed by atoms with Crippen LogP contribution in [-0.4, -0.2) is 35.6 Å². The molecule has 1 N–H and O–H groups in total. The van der Waals surface area contributed by atoms with Crippen LogP contribution >= 0.6 is 0 Å². The molecule has 3 heteroatoms. The van der Waals surface area contributed by atoms with E-state index in [0.29, 0.717) is 6.04 Å². The monoisotopic (exact) mass is 281 g/mol. The third-order valence-corrected chi connectivity index (χ3v) is 4.04. The molecular formula is C18H23N3. The smallest absolute Gasteiger partial charge is 0.0372 e. The van der Waals surface area contributed by atoms with Crippen molar-refractivity contribution in [3.8, 4) is 0 Å². The quantitative estimate of drug-likeness (QED) is 0.933. The molecule has 1 atom stereocenters. The van der Waals surface area contributed by atoms with Crippen LogP contribution in [0.15, 0.2) is 48.7 Å². The van der Waals surface area contributed by atoms with Crippen molar-refractivity contribution < 1.29 is 0 Å². The molecule has 2 aromatic rings. The molecule has 1 aromatic carbocycles. The van der Waals surface area contributed by atoms with Crippen LogP contribution in [0, 0.1) is 6.92 Å². The zero-order valence-corrected chi connectivity index (χ0v) is 12.6. The summed E-state index contributed by atoms with van der Waals surface area (Å²) >= 11 is 0. The van der Waals surface area contributed by atoms with E-state index < -0.39 is 0 Å². The number of nitrogens with zero attached hydrogens (tertiary/aromatic N) is 2. The highest BCUT2D eigenvalue weighted by atomic mass is 15.2. The number of rotatable bonds is 4. The molecule has 1 aromatic heterocycles. The summed E-state index contributed by atoms with van der Waals surface area (Å²) < 4.78 is 0.